The number of halogens is 1. The van der Waals surface area contributed by atoms with Crippen LogP contribution in [0.1, 0.15) is 21.7 Å². The third-order valence-corrected chi connectivity index (χ3v) is 3.97. The zero-order chi connectivity index (χ0) is 15.8. The molecule has 7 nitrogen and oxygen atoms in total. The van der Waals surface area contributed by atoms with Gasteiger partial charge >= 0.3 is 5.97 Å². The summed E-state index contributed by atoms with van der Waals surface area (Å²) >= 11 is 0. The second-order valence-corrected chi connectivity index (χ2v) is 6.02. The van der Waals surface area contributed by atoms with Crippen LogP contribution in [0.25, 0.3) is 0 Å². The van der Waals surface area contributed by atoms with E-state index in [1.165, 1.54) is 13.0 Å². The van der Waals surface area contributed by atoms with Gasteiger partial charge in [-0.2, -0.15) is 0 Å². The number of rotatable bonds is 4. The molecule has 21 heavy (non-hydrogen) atoms. The molecule has 0 unspecified atom stereocenters. The van der Waals surface area contributed by atoms with Crippen molar-refractivity contribution in [1.29, 1.82) is 0 Å². The van der Waals surface area contributed by atoms with Crippen LogP contribution in [0.3, 0.4) is 0 Å². The van der Waals surface area contributed by atoms with Crippen molar-refractivity contribution in [2.75, 3.05) is 4.72 Å². The van der Waals surface area contributed by atoms with E-state index in [0.717, 1.165) is 12.1 Å². The normalized spacial score (nSPS) is 11.4. The highest BCUT2D eigenvalue weighted by Gasteiger charge is 2.22. The van der Waals surface area contributed by atoms with Crippen LogP contribution in [-0.4, -0.2) is 24.7 Å². The summed E-state index contributed by atoms with van der Waals surface area (Å²) in [7, 11) is -4.10. The first-order chi connectivity index (χ1) is 9.70. The van der Waals surface area contributed by atoms with Gasteiger partial charge in [0.05, 0.1) is 10.5 Å². The van der Waals surface area contributed by atoms with E-state index >= 15 is 0 Å². The van der Waals surface area contributed by atoms with E-state index in [0.29, 0.717) is 5.76 Å². The molecule has 0 radical (unpaired) electrons. The molecular weight excluding hydrogens is 303 g/mol. The number of aromatic carboxylic acids is 1. The molecule has 0 aliphatic carbocycles. The molecule has 112 valence electrons. The van der Waals surface area contributed by atoms with Gasteiger partial charge in [-0.3, -0.25) is 4.72 Å². The van der Waals surface area contributed by atoms with Crippen LogP contribution in [0.4, 0.5) is 10.2 Å². The molecule has 0 atom stereocenters. The van der Waals surface area contributed by atoms with Gasteiger partial charge in [0.1, 0.15) is 11.6 Å². The number of hydrogen-bond acceptors (Lipinski definition) is 5. The number of aryl methyl sites for hydroxylation is 2. The quantitative estimate of drug-likeness (QED) is 0.892. The first-order valence-electron chi connectivity index (χ1n) is 5.70. The lowest BCUT2D eigenvalue weighted by Gasteiger charge is -2.08. The molecule has 1 heterocycles. The fourth-order valence-corrected chi connectivity index (χ4v) is 2.75. The van der Waals surface area contributed by atoms with Crippen LogP contribution in [0.5, 0.6) is 0 Å². The molecule has 1 aromatic heterocycles. The molecule has 0 amide bonds. The minimum absolute atomic E-state index is 0.0497. The Kier molecular flexibility index (Phi) is 3.69. The summed E-state index contributed by atoms with van der Waals surface area (Å²) in [5.41, 5.74) is -0.807. The highest BCUT2D eigenvalue weighted by Crippen LogP contribution is 2.21. The highest BCUT2D eigenvalue weighted by atomic mass is 32.2. The maximum absolute atomic E-state index is 13.6. The van der Waals surface area contributed by atoms with Crippen LogP contribution in [0.15, 0.2) is 27.6 Å². The SMILES string of the molecule is Cc1cc(NS(=O)(=O)c2cc(C)c(F)c(C(=O)O)c2)no1. The van der Waals surface area contributed by atoms with Gasteiger partial charge in [0, 0.05) is 6.07 Å². The lowest BCUT2D eigenvalue weighted by Crippen LogP contribution is -2.15. The number of hydrogen-bond donors (Lipinski definition) is 2. The van der Waals surface area contributed by atoms with Gasteiger partial charge in [-0.05, 0) is 31.5 Å². The predicted octanol–water partition coefficient (Wildman–Crippen LogP) is 1.93. The van der Waals surface area contributed by atoms with Crippen LogP contribution in [0, 0.1) is 19.7 Å². The second-order valence-electron chi connectivity index (χ2n) is 4.34. The molecule has 0 bridgehead atoms. The van der Waals surface area contributed by atoms with E-state index in [2.05, 4.69) is 9.88 Å². The molecule has 0 spiro atoms. The van der Waals surface area contributed by atoms with Gasteiger partial charge in [0.2, 0.25) is 0 Å². The monoisotopic (exact) mass is 314 g/mol. The average molecular weight is 314 g/mol. The molecule has 2 rings (SSSR count). The zero-order valence-electron chi connectivity index (χ0n) is 11.0. The fourth-order valence-electron chi connectivity index (χ4n) is 1.66. The number of aromatic nitrogens is 1. The van der Waals surface area contributed by atoms with Gasteiger partial charge in [-0.25, -0.2) is 17.6 Å². The molecular formula is C12H11FN2O5S. The number of nitrogens with zero attached hydrogens (tertiary/aromatic N) is 1. The largest absolute Gasteiger partial charge is 0.478 e. The Bertz CT molecular complexity index is 813. The first kappa shape index (κ1) is 15.0. The van der Waals surface area contributed by atoms with Crippen molar-refractivity contribution in [1.82, 2.24) is 5.16 Å². The Morgan fingerprint density at radius 3 is 2.52 bits per heavy atom. The number of carboxylic acid groups (broad SMARTS) is 1. The fraction of sp³-hybridized carbons (Fsp3) is 0.167. The van der Waals surface area contributed by atoms with Crippen molar-refractivity contribution >= 4 is 21.8 Å². The van der Waals surface area contributed by atoms with Crippen molar-refractivity contribution in [2.24, 2.45) is 0 Å². The third-order valence-electron chi connectivity index (χ3n) is 2.64. The van der Waals surface area contributed by atoms with E-state index in [1.54, 1.807) is 6.92 Å². The van der Waals surface area contributed by atoms with E-state index in [1.807, 2.05) is 0 Å². The van der Waals surface area contributed by atoms with Crippen molar-refractivity contribution in [3.63, 3.8) is 0 Å². The van der Waals surface area contributed by atoms with Gasteiger partial charge < -0.3 is 9.63 Å². The Hall–Kier alpha value is -2.42. The molecule has 0 aliphatic heterocycles. The van der Waals surface area contributed by atoms with Gasteiger partial charge in [-0.1, -0.05) is 5.16 Å². The highest BCUT2D eigenvalue weighted by molar-refractivity contribution is 7.92. The second kappa shape index (κ2) is 5.17. The summed E-state index contributed by atoms with van der Waals surface area (Å²) in [4.78, 5) is 10.6. The Morgan fingerprint density at radius 1 is 1.33 bits per heavy atom. The third kappa shape index (κ3) is 3.02. The standard InChI is InChI=1S/C12H11FN2O5S/c1-6-3-8(5-9(11(6)13)12(16)17)21(18,19)15-10-4-7(2)20-14-10/h3-5H,1-2H3,(H,14,15)(H,16,17). The van der Waals surface area contributed by atoms with E-state index in [9.17, 15) is 17.6 Å². The lowest BCUT2D eigenvalue weighted by atomic mass is 10.1. The molecule has 0 fully saturated rings. The summed E-state index contributed by atoms with van der Waals surface area (Å²) in [5.74, 6) is -2.18. The Balaban J connectivity index is 2.47. The Morgan fingerprint density at radius 2 is 2.00 bits per heavy atom. The minimum atomic E-state index is -4.10. The van der Waals surface area contributed by atoms with Crippen molar-refractivity contribution in [3.05, 3.63) is 40.9 Å². The van der Waals surface area contributed by atoms with Crippen molar-refractivity contribution in [2.45, 2.75) is 18.7 Å². The number of benzene rings is 1. The van der Waals surface area contributed by atoms with Gasteiger partial charge in [0.25, 0.3) is 10.0 Å². The summed E-state index contributed by atoms with van der Waals surface area (Å²) in [6.45, 7) is 2.86. The smallest absolute Gasteiger partial charge is 0.338 e. The maximum atomic E-state index is 13.6. The van der Waals surface area contributed by atoms with Crippen molar-refractivity contribution < 1.29 is 27.2 Å². The average Bonchev–Trinajstić information content (AvgIpc) is 2.76. The van der Waals surface area contributed by atoms with E-state index in [-0.39, 0.29) is 16.3 Å². The summed E-state index contributed by atoms with van der Waals surface area (Å²) < 4.78 is 44.7. The topological polar surface area (TPSA) is 110 Å². The number of carboxylic acids is 1. The molecule has 2 N–H and O–H groups in total. The van der Waals surface area contributed by atoms with Gasteiger partial charge in [0.15, 0.2) is 5.82 Å². The van der Waals surface area contributed by atoms with Crippen LogP contribution in [-0.2, 0) is 10.0 Å². The minimum Gasteiger partial charge on any atom is -0.478 e. The first-order valence-corrected chi connectivity index (χ1v) is 7.18. The molecule has 0 saturated heterocycles. The summed E-state index contributed by atoms with van der Waals surface area (Å²) in [6, 6.07) is 3.14. The number of anilines is 1. The van der Waals surface area contributed by atoms with E-state index < -0.39 is 27.4 Å². The Labute approximate surface area is 119 Å². The molecule has 1 aromatic carbocycles. The van der Waals surface area contributed by atoms with Crippen LogP contribution < -0.4 is 4.72 Å². The molecule has 0 aliphatic rings. The van der Waals surface area contributed by atoms with Crippen molar-refractivity contribution in [3.8, 4) is 0 Å². The molecule has 9 heteroatoms. The zero-order valence-corrected chi connectivity index (χ0v) is 11.9. The maximum Gasteiger partial charge on any atom is 0.338 e. The predicted molar refractivity (Wildman–Crippen MR) is 70.1 cm³/mol. The molecule has 2 aromatic rings. The van der Waals surface area contributed by atoms with E-state index in [4.69, 9.17) is 9.63 Å². The summed E-state index contributed by atoms with van der Waals surface area (Å²) in [5, 5.41) is 12.4. The summed E-state index contributed by atoms with van der Waals surface area (Å²) in [6.07, 6.45) is 0. The van der Waals surface area contributed by atoms with Crippen LogP contribution >= 0.6 is 0 Å². The number of sulfonamides is 1. The lowest BCUT2D eigenvalue weighted by molar-refractivity contribution is 0.0691. The van der Waals surface area contributed by atoms with Gasteiger partial charge in [-0.15, -0.1) is 0 Å². The van der Waals surface area contributed by atoms with Crippen LogP contribution in [0.2, 0.25) is 0 Å². The number of carbonyl (C=O) groups is 1. The molecule has 0 saturated carbocycles. The number of nitrogens with one attached hydrogen (secondary N) is 1.